The molecule has 2 aliphatic rings. The zero-order valence-corrected chi connectivity index (χ0v) is 24.6. The van der Waals surface area contributed by atoms with Crippen molar-refractivity contribution in [2.75, 3.05) is 10.6 Å². The Labute approximate surface area is 261 Å². The van der Waals surface area contributed by atoms with Crippen LogP contribution in [0.3, 0.4) is 0 Å². The van der Waals surface area contributed by atoms with Crippen LogP contribution >= 0.6 is 0 Å². The summed E-state index contributed by atoms with van der Waals surface area (Å²) in [6.45, 7) is 0. The van der Waals surface area contributed by atoms with Crippen LogP contribution in [0.15, 0.2) is 180 Å². The Kier molecular flexibility index (Phi) is 10.5. The highest BCUT2D eigenvalue weighted by Gasteiger charge is 2.31. The van der Waals surface area contributed by atoms with Gasteiger partial charge < -0.3 is 27.9 Å². The quantitative estimate of drug-likeness (QED) is 0.144. The maximum Gasteiger partial charge on any atom is 0.673 e. The number of halogens is 4. The summed E-state index contributed by atoms with van der Waals surface area (Å²) in [5.74, 6) is 0. The number of nitrogens with one attached hydrogen (secondary N) is 3. The summed E-state index contributed by atoms with van der Waals surface area (Å²) < 4.78 is 39.0. The minimum Gasteiger partial charge on any atom is -0.418 e. The Bertz CT molecular complexity index is 1590. The van der Waals surface area contributed by atoms with Crippen LogP contribution in [-0.2, 0) is 0 Å². The highest BCUT2D eigenvalue weighted by Crippen LogP contribution is 2.41. The number of para-hydroxylation sites is 4. The van der Waals surface area contributed by atoms with Crippen molar-refractivity contribution in [3.05, 3.63) is 180 Å². The molecule has 1 fully saturated rings. The lowest BCUT2D eigenvalue weighted by Crippen LogP contribution is -3.00. The van der Waals surface area contributed by atoms with Gasteiger partial charge >= 0.3 is 7.25 Å². The largest absolute Gasteiger partial charge is 0.673 e. The number of hydrogen-bond donors (Lipinski definition) is 3. The molecule has 0 heterocycles. The summed E-state index contributed by atoms with van der Waals surface area (Å²) in [6, 6.07) is 42.4. The van der Waals surface area contributed by atoms with Crippen molar-refractivity contribution < 1.29 is 22.2 Å². The number of hydrogen-bond acceptors (Lipinski definition) is 2. The molecule has 1 saturated carbocycles. The van der Waals surface area contributed by atoms with Gasteiger partial charge in [0.1, 0.15) is 17.1 Å². The molecule has 2 aliphatic carbocycles. The van der Waals surface area contributed by atoms with Crippen LogP contribution in [0.1, 0.15) is 19.3 Å². The molecule has 0 aliphatic heterocycles. The Morgan fingerprint density at radius 1 is 0.578 bits per heavy atom. The van der Waals surface area contributed by atoms with Gasteiger partial charge in [-0.05, 0) is 90.6 Å². The van der Waals surface area contributed by atoms with Crippen LogP contribution in [0, 0.1) is 0 Å². The number of allylic oxidation sites excluding steroid dienone is 7. The number of quaternary nitrogens is 1. The molecular formula is C37H34BF4N3. The first-order valence-electron chi connectivity index (χ1n) is 14.8. The van der Waals surface area contributed by atoms with Crippen molar-refractivity contribution in [2.45, 2.75) is 19.3 Å². The van der Waals surface area contributed by atoms with Gasteiger partial charge in [-0.3, -0.25) is 0 Å². The average Bonchev–Trinajstić information content (AvgIpc) is 3.47. The Morgan fingerprint density at radius 3 is 1.40 bits per heavy atom. The summed E-state index contributed by atoms with van der Waals surface area (Å²) in [5.41, 5.74) is 11.3. The second kappa shape index (κ2) is 15.1. The van der Waals surface area contributed by atoms with E-state index in [0.29, 0.717) is 0 Å². The lowest BCUT2D eigenvalue weighted by atomic mass is 9.91. The molecule has 45 heavy (non-hydrogen) atoms. The second-order valence-corrected chi connectivity index (χ2v) is 10.5. The molecule has 4 aromatic carbocycles. The normalized spacial score (nSPS) is 16.4. The number of benzene rings is 4. The van der Waals surface area contributed by atoms with Crippen molar-refractivity contribution in [2.24, 2.45) is 0 Å². The first kappa shape index (κ1) is 31.4. The first-order valence-corrected chi connectivity index (χ1v) is 14.8. The standard InChI is InChI=1S/C37H33N3.BF4/c1-5-15-31(16-6-1)38-27-29-25-26-30(28-39-32-17-7-2-8-18-32)37(29)35-23-13-14-24-36(35)40(33-19-9-3-10-20-33)34-21-11-4-12-22-34;2-1(3,4)5/h1-22,24,27-28,38-39H,23,25-26H2;/q;-1/p+1. The van der Waals surface area contributed by atoms with E-state index >= 15 is 0 Å². The van der Waals surface area contributed by atoms with Crippen molar-refractivity contribution in [3.63, 3.8) is 0 Å². The van der Waals surface area contributed by atoms with Crippen LogP contribution in [-0.4, -0.2) is 7.25 Å². The molecular weight excluding hydrogens is 573 g/mol. The SMILES string of the molecule is C1=CCC(=C2C(=CNc3ccccc3)CCC2=CNc2ccccc2)C([NH+](c2ccccc2)c2ccccc2)=C1.F[B-](F)(F)F. The zero-order valence-electron chi connectivity index (χ0n) is 24.6. The van der Waals surface area contributed by atoms with E-state index in [4.69, 9.17) is 0 Å². The third kappa shape index (κ3) is 8.97. The first-order chi connectivity index (χ1) is 21.9. The molecule has 0 radical (unpaired) electrons. The third-order valence-corrected chi connectivity index (χ3v) is 7.42. The Morgan fingerprint density at radius 2 is 0.978 bits per heavy atom. The van der Waals surface area contributed by atoms with Crippen LogP contribution in [0.5, 0.6) is 0 Å². The van der Waals surface area contributed by atoms with Crippen molar-refractivity contribution >= 4 is 30.0 Å². The average molecular weight is 608 g/mol. The van der Waals surface area contributed by atoms with Gasteiger partial charge in [-0.1, -0.05) is 84.9 Å². The fourth-order valence-electron chi connectivity index (χ4n) is 5.53. The molecule has 4 aromatic rings. The third-order valence-electron chi connectivity index (χ3n) is 7.42. The fourth-order valence-corrected chi connectivity index (χ4v) is 5.53. The second-order valence-electron chi connectivity index (χ2n) is 10.5. The lowest BCUT2D eigenvalue weighted by Gasteiger charge is -2.26. The zero-order chi connectivity index (χ0) is 31.5. The fraction of sp³-hybridized carbons (Fsp3) is 0.0811. The smallest absolute Gasteiger partial charge is 0.418 e. The van der Waals surface area contributed by atoms with Crippen molar-refractivity contribution in [3.8, 4) is 0 Å². The molecule has 0 aromatic heterocycles. The van der Waals surface area contributed by atoms with E-state index in [9.17, 15) is 17.3 Å². The topological polar surface area (TPSA) is 28.5 Å². The molecule has 0 spiro atoms. The molecule has 0 atom stereocenters. The Hall–Kier alpha value is -5.08. The van der Waals surface area contributed by atoms with Gasteiger partial charge in [0.15, 0.2) is 0 Å². The molecule has 3 nitrogen and oxygen atoms in total. The highest BCUT2D eigenvalue weighted by molar-refractivity contribution is 6.50. The number of anilines is 2. The van der Waals surface area contributed by atoms with Gasteiger partial charge in [0, 0.05) is 29.3 Å². The summed E-state index contributed by atoms with van der Waals surface area (Å²) in [6.07, 6.45) is 14.1. The molecule has 0 amide bonds. The number of rotatable bonds is 7. The van der Waals surface area contributed by atoms with Gasteiger partial charge in [-0.2, -0.15) is 0 Å². The van der Waals surface area contributed by atoms with E-state index in [-0.39, 0.29) is 0 Å². The van der Waals surface area contributed by atoms with E-state index in [1.807, 2.05) is 12.1 Å². The minimum atomic E-state index is -6.00. The van der Waals surface area contributed by atoms with E-state index in [1.165, 1.54) is 44.3 Å². The highest BCUT2D eigenvalue weighted by atomic mass is 19.5. The predicted octanol–water partition coefficient (Wildman–Crippen LogP) is 9.76. The molecule has 0 bridgehead atoms. The monoisotopic (exact) mass is 607 g/mol. The van der Waals surface area contributed by atoms with Gasteiger partial charge in [-0.15, -0.1) is 0 Å². The molecule has 0 unspecified atom stereocenters. The molecule has 3 N–H and O–H groups in total. The van der Waals surface area contributed by atoms with E-state index in [2.05, 4.69) is 150 Å². The van der Waals surface area contributed by atoms with E-state index in [0.717, 1.165) is 30.6 Å². The van der Waals surface area contributed by atoms with E-state index < -0.39 is 7.25 Å². The minimum absolute atomic E-state index is 0.885. The van der Waals surface area contributed by atoms with Crippen LogP contribution in [0.2, 0.25) is 0 Å². The van der Waals surface area contributed by atoms with Crippen LogP contribution in [0.25, 0.3) is 0 Å². The van der Waals surface area contributed by atoms with Gasteiger partial charge in [0.05, 0.1) is 0 Å². The molecule has 8 heteroatoms. The van der Waals surface area contributed by atoms with Crippen LogP contribution < -0.4 is 15.5 Å². The Balaban J connectivity index is 0.000000743. The van der Waals surface area contributed by atoms with Gasteiger partial charge in [0.25, 0.3) is 0 Å². The molecule has 0 saturated heterocycles. The molecule has 228 valence electrons. The van der Waals surface area contributed by atoms with E-state index in [1.54, 1.807) is 0 Å². The summed E-state index contributed by atoms with van der Waals surface area (Å²) in [4.78, 5) is 1.27. The van der Waals surface area contributed by atoms with Gasteiger partial charge in [0.2, 0.25) is 0 Å². The summed E-state index contributed by atoms with van der Waals surface area (Å²) in [7, 11) is -6.00. The van der Waals surface area contributed by atoms with Crippen molar-refractivity contribution in [1.29, 1.82) is 0 Å². The predicted molar refractivity (Wildman–Crippen MR) is 178 cm³/mol. The maximum absolute atomic E-state index is 9.75. The van der Waals surface area contributed by atoms with Crippen LogP contribution in [0.4, 0.5) is 40.0 Å². The summed E-state index contributed by atoms with van der Waals surface area (Å²) in [5, 5.41) is 7.14. The maximum atomic E-state index is 9.75. The van der Waals surface area contributed by atoms with Gasteiger partial charge in [-0.25, -0.2) is 4.90 Å². The lowest BCUT2D eigenvalue weighted by molar-refractivity contribution is -0.711. The summed E-state index contributed by atoms with van der Waals surface area (Å²) >= 11 is 0. The molecule has 6 rings (SSSR count). The van der Waals surface area contributed by atoms with Crippen molar-refractivity contribution in [1.82, 2.24) is 0 Å².